The third kappa shape index (κ3) is 8.78. The van der Waals surface area contributed by atoms with E-state index in [-0.39, 0.29) is 18.4 Å². The molecule has 7 rings (SSSR count). The third-order valence-electron chi connectivity index (χ3n) is 15.5. The summed E-state index contributed by atoms with van der Waals surface area (Å²) in [6, 6.07) is -0.902. The molecule has 7 aliphatic heterocycles. The minimum atomic E-state index is -3.53. The van der Waals surface area contributed by atoms with Gasteiger partial charge in [0.05, 0.1) is 36.6 Å². The van der Waals surface area contributed by atoms with Crippen LogP contribution in [0.2, 0.25) is 0 Å². The molecule has 5 unspecified atom stereocenters. The Morgan fingerprint density at radius 3 is 1.90 bits per heavy atom. The summed E-state index contributed by atoms with van der Waals surface area (Å²) in [5.41, 5.74) is 4.48. The summed E-state index contributed by atoms with van der Waals surface area (Å²) >= 11 is 0. The van der Waals surface area contributed by atoms with Gasteiger partial charge in [0.2, 0.25) is 0 Å². The molecule has 7 aliphatic rings. The van der Waals surface area contributed by atoms with Crippen LogP contribution in [0.4, 0.5) is 0 Å². The number of ether oxygens (including phenoxy) is 6. The molecule has 3 spiro atoms. The van der Waals surface area contributed by atoms with Crippen molar-refractivity contribution in [1.29, 1.82) is 0 Å². The fraction of sp³-hybridized carbons (Fsp3) is 0.889. The predicted octanol–water partition coefficient (Wildman–Crippen LogP) is 4.89. The fourth-order valence-corrected chi connectivity index (χ4v) is 10.6. The van der Waals surface area contributed by atoms with Gasteiger partial charge in [-0.15, -0.1) is 0 Å². The lowest BCUT2D eigenvalue weighted by Gasteiger charge is -2.52. The molecule has 0 aliphatic carbocycles. The van der Waals surface area contributed by atoms with E-state index in [1.165, 1.54) is 0 Å². The summed E-state index contributed by atoms with van der Waals surface area (Å²) in [6.45, 7) is 15.1. The second-order valence-corrected chi connectivity index (χ2v) is 20.9. The van der Waals surface area contributed by atoms with E-state index >= 15 is 4.79 Å². The van der Waals surface area contributed by atoms with E-state index in [1.807, 2.05) is 74.5 Å². The van der Waals surface area contributed by atoms with Gasteiger partial charge in [0.15, 0.2) is 23.8 Å². The quantitative estimate of drug-likeness (QED) is 0.149. The Labute approximate surface area is 366 Å². The molecule has 0 radical (unpaired) electrons. The third-order valence-corrected chi connectivity index (χ3v) is 15.5. The molecule has 0 amide bonds. The summed E-state index contributed by atoms with van der Waals surface area (Å²) in [6.07, 6.45) is -0.362. The molecule has 16 nitrogen and oxygen atoms in total. The molecule has 9 bridgehead atoms. The van der Waals surface area contributed by atoms with E-state index in [1.54, 1.807) is 6.92 Å². The molecule has 0 aromatic heterocycles. The number of carbonyl (C=O) groups excluding carboxylic acids is 3. The normalized spacial score (nSPS) is 46.3. The first-order valence-corrected chi connectivity index (χ1v) is 23.3. The second-order valence-electron chi connectivity index (χ2n) is 20.9. The van der Waals surface area contributed by atoms with Crippen molar-refractivity contribution >= 4 is 24.9 Å². The summed E-state index contributed by atoms with van der Waals surface area (Å²) in [5, 5.41) is 23.6. The standard InChI is InChI=1S/C45H73BNO15/c1-24(2)36(47)39(50)54-27(5)30-16-12-11-13-17-32(48)42(7,8)34-21-19-26(4)45(57-34)38-41(52)56-31-23-29(53-28(31)6)15-14-18-33(49)43(9,10)35-22-20-25(3)44(58-35)37(40(51)55-30)59-46(60-38,61-44)62-45/h11-12,24-38,48-49H,13-23,47H2,1-10H3/q-1/b12-11+/t25?,26-,27-,28-,29-,30+,31+,32+,33-,34+,35+,36-,37?,38?,44?,45+,46?/m1/s1. The van der Waals surface area contributed by atoms with E-state index in [4.69, 9.17) is 52.8 Å². The first kappa shape index (κ1) is 47.8. The van der Waals surface area contributed by atoms with Crippen LogP contribution in [0.1, 0.15) is 140 Å². The minimum Gasteiger partial charge on any atom is -0.504 e. The van der Waals surface area contributed by atoms with Gasteiger partial charge in [-0.25, -0.2) is 9.59 Å². The maximum atomic E-state index is 15.0. The van der Waals surface area contributed by atoms with Crippen LogP contribution < -0.4 is 5.73 Å². The number of cyclic esters (lactones) is 1. The van der Waals surface area contributed by atoms with E-state index in [0.29, 0.717) is 64.2 Å². The number of hydrogen-bond acceptors (Lipinski definition) is 16. The molecule has 17 atom stereocenters. The van der Waals surface area contributed by atoms with E-state index in [2.05, 4.69) is 0 Å². The van der Waals surface area contributed by atoms with Crippen LogP contribution in [-0.2, 0) is 61.4 Å². The highest BCUT2D eigenvalue weighted by atomic mass is 17.0. The van der Waals surface area contributed by atoms with Gasteiger partial charge < -0.3 is 63.0 Å². The van der Waals surface area contributed by atoms with Gasteiger partial charge in [0.25, 0.3) is 0 Å². The largest absolute Gasteiger partial charge is 0.536 e. The zero-order valence-corrected chi connectivity index (χ0v) is 38.4. The van der Waals surface area contributed by atoms with Crippen molar-refractivity contribution in [2.75, 3.05) is 0 Å². The average Bonchev–Trinajstić information content (AvgIpc) is 3.84. The van der Waals surface area contributed by atoms with Gasteiger partial charge >= 0.3 is 24.9 Å². The Balaban J connectivity index is 1.36. The Bertz CT molecular complexity index is 1680. The SMILES string of the molecule is CC(C)[C@@H](N)C(=O)O[C@H](C)[C@@H]1C/C=C/CC[C@H](O)C(C)(C)[C@@H]2CC[C@@H](C)[C@]3(O2)O[B-]24OC(C(=O)O1)C1(O[C@@H](CCC1C)C(C)(C)[C@H](O)CCC[C@@H]1C[C@H](OC(=O)C3O2)[C@@H](C)O1)O4. The van der Waals surface area contributed by atoms with Crippen LogP contribution in [0, 0.1) is 28.6 Å². The molecule has 0 aromatic carbocycles. The highest BCUT2D eigenvalue weighted by Crippen LogP contribution is 2.57. The maximum Gasteiger partial charge on any atom is 0.536 e. The summed E-state index contributed by atoms with van der Waals surface area (Å²) in [5.74, 6) is -7.31. The van der Waals surface area contributed by atoms with Gasteiger partial charge in [0, 0.05) is 35.5 Å². The van der Waals surface area contributed by atoms with Crippen LogP contribution in [0.15, 0.2) is 12.2 Å². The van der Waals surface area contributed by atoms with Gasteiger partial charge in [-0.05, 0) is 77.6 Å². The topological polar surface area (TPSA) is 210 Å². The molecule has 6 fully saturated rings. The van der Waals surface area contributed by atoms with Crippen LogP contribution in [-0.4, -0.2) is 120 Å². The number of allylic oxidation sites excluding steroid dienone is 1. The van der Waals surface area contributed by atoms with Crippen molar-refractivity contribution in [3.05, 3.63) is 12.2 Å². The zero-order valence-electron chi connectivity index (χ0n) is 38.4. The molecule has 0 saturated carbocycles. The molecule has 17 heteroatoms. The van der Waals surface area contributed by atoms with Gasteiger partial charge in [-0.2, -0.15) is 0 Å². The number of aliphatic hydroxyl groups is 2. The molecule has 6 saturated heterocycles. The number of carbonyl (C=O) groups is 3. The number of hydrogen-bond donors (Lipinski definition) is 3. The minimum absolute atomic E-state index is 0.142. The van der Waals surface area contributed by atoms with Crippen LogP contribution >= 0.6 is 0 Å². The zero-order chi connectivity index (χ0) is 45.2. The maximum absolute atomic E-state index is 15.0. The molecule has 4 N–H and O–H groups in total. The van der Waals surface area contributed by atoms with Crippen molar-refractivity contribution in [3.63, 3.8) is 0 Å². The monoisotopic (exact) mass is 879 g/mol. The van der Waals surface area contributed by atoms with Crippen molar-refractivity contribution in [1.82, 2.24) is 0 Å². The smallest absolute Gasteiger partial charge is 0.504 e. The van der Waals surface area contributed by atoms with Crippen LogP contribution in [0.5, 0.6) is 0 Å². The predicted molar refractivity (Wildman–Crippen MR) is 223 cm³/mol. The van der Waals surface area contributed by atoms with Crippen LogP contribution in [0.25, 0.3) is 0 Å². The van der Waals surface area contributed by atoms with Gasteiger partial charge in [-0.3, -0.25) is 4.79 Å². The number of nitrogens with two attached hydrogens (primary N) is 1. The lowest BCUT2D eigenvalue weighted by molar-refractivity contribution is -0.311. The van der Waals surface area contributed by atoms with Gasteiger partial charge in [-0.1, -0.05) is 67.5 Å². The van der Waals surface area contributed by atoms with E-state index in [0.717, 1.165) is 0 Å². The Hall–Kier alpha value is -2.19. The van der Waals surface area contributed by atoms with Crippen molar-refractivity contribution < 1.29 is 71.6 Å². The molecule has 62 heavy (non-hydrogen) atoms. The number of esters is 3. The fourth-order valence-electron chi connectivity index (χ4n) is 10.6. The van der Waals surface area contributed by atoms with Crippen LogP contribution in [0.3, 0.4) is 0 Å². The van der Waals surface area contributed by atoms with Crippen molar-refractivity contribution in [2.24, 2.45) is 34.3 Å². The lowest BCUT2D eigenvalue weighted by atomic mass is 9.73. The summed E-state index contributed by atoms with van der Waals surface area (Å²) < 4.78 is 66.0. The first-order chi connectivity index (χ1) is 29.0. The number of aliphatic hydroxyl groups excluding tert-OH is 2. The Morgan fingerprint density at radius 1 is 0.790 bits per heavy atom. The number of fused-ring (bicyclic) bond motifs is 6. The highest BCUT2D eigenvalue weighted by Gasteiger charge is 2.73. The second kappa shape index (κ2) is 17.9. The Morgan fingerprint density at radius 2 is 1.34 bits per heavy atom. The first-order valence-electron chi connectivity index (χ1n) is 23.3. The summed E-state index contributed by atoms with van der Waals surface area (Å²) in [7, 11) is 0. The lowest BCUT2D eigenvalue weighted by Crippen LogP contribution is -2.61. The van der Waals surface area contributed by atoms with Gasteiger partial charge in [0.1, 0.15) is 24.4 Å². The number of rotatable bonds is 4. The highest BCUT2D eigenvalue weighted by molar-refractivity contribution is 6.56. The molecule has 0 aromatic rings. The average molecular weight is 879 g/mol. The molecular weight excluding hydrogens is 805 g/mol. The molecular formula is C45H73BNO15-. The van der Waals surface area contributed by atoms with E-state index in [9.17, 15) is 19.8 Å². The van der Waals surface area contributed by atoms with Crippen molar-refractivity contribution in [3.8, 4) is 0 Å². The van der Waals surface area contributed by atoms with Crippen molar-refractivity contribution in [2.45, 2.75) is 225 Å². The summed E-state index contributed by atoms with van der Waals surface area (Å²) in [4.78, 5) is 42.9. The van der Waals surface area contributed by atoms with E-state index < -0.39 is 126 Å². The molecule has 352 valence electrons. The Kier molecular flexibility index (Phi) is 13.8. The molecule has 7 heterocycles.